The van der Waals surface area contributed by atoms with E-state index in [-0.39, 0.29) is 0 Å². The molecule has 1 aliphatic rings. The Labute approximate surface area is 144 Å². The number of carboxylic acid groups (broad SMARTS) is 1. The summed E-state index contributed by atoms with van der Waals surface area (Å²) in [7, 11) is 0. The number of benzene rings is 1. The molecule has 120 valence electrons. The molecule has 0 radical (unpaired) electrons. The zero-order valence-electron chi connectivity index (χ0n) is 12.6. The van der Waals surface area contributed by atoms with Crippen LogP contribution in [-0.4, -0.2) is 20.9 Å². The molecule has 0 saturated carbocycles. The van der Waals surface area contributed by atoms with Gasteiger partial charge >= 0.3 is 5.97 Å². The van der Waals surface area contributed by atoms with Crippen LogP contribution < -0.4 is 0 Å². The zero-order valence-corrected chi connectivity index (χ0v) is 14.2. The van der Waals surface area contributed by atoms with Crippen LogP contribution in [0.25, 0.3) is 11.3 Å². The summed E-state index contributed by atoms with van der Waals surface area (Å²) in [6.07, 6.45) is 4.80. The normalized spacial score (nSPS) is 16.1. The molecule has 0 bridgehead atoms. The molecule has 1 aromatic carbocycles. The summed E-state index contributed by atoms with van der Waals surface area (Å²) in [6.45, 7) is 1.87. The molecule has 1 aromatic heterocycles. The number of allylic oxidation sites excluding steroid dienone is 1. The van der Waals surface area contributed by atoms with Gasteiger partial charge in [0.05, 0.1) is 27.6 Å². The maximum atomic E-state index is 11.5. The lowest BCUT2D eigenvalue weighted by Crippen LogP contribution is -2.11. The Morgan fingerprint density at radius 2 is 2.09 bits per heavy atom. The Balaban J connectivity index is 2.14. The van der Waals surface area contributed by atoms with Crippen molar-refractivity contribution in [2.24, 2.45) is 0 Å². The Morgan fingerprint density at radius 3 is 2.74 bits per heavy atom. The number of aliphatic carboxylic acids is 1. The Kier molecular flexibility index (Phi) is 4.46. The Morgan fingerprint density at radius 1 is 1.30 bits per heavy atom. The first kappa shape index (κ1) is 16.1. The predicted octanol–water partition coefficient (Wildman–Crippen LogP) is 4.76. The topological polar surface area (TPSA) is 55.1 Å². The standard InChI is InChI=1S/C17H16Cl2N2O2/c1-2-11(17(22)23)12-4-3-5-16-13(12)9-20-21(16)10-6-7-14(18)15(19)8-10/h6-9H,2-5H2,1H3,(H,22,23)/b12-11-. The van der Waals surface area contributed by atoms with E-state index in [9.17, 15) is 9.90 Å². The average molecular weight is 351 g/mol. The van der Waals surface area contributed by atoms with Gasteiger partial charge in [0.25, 0.3) is 0 Å². The molecule has 0 spiro atoms. The molecular formula is C17H16Cl2N2O2. The predicted molar refractivity (Wildman–Crippen MR) is 91.4 cm³/mol. The Hall–Kier alpha value is -1.78. The van der Waals surface area contributed by atoms with Crippen molar-refractivity contribution in [1.82, 2.24) is 9.78 Å². The monoisotopic (exact) mass is 350 g/mol. The van der Waals surface area contributed by atoms with E-state index < -0.39 is 5.97 Å². The maximum absolute atomic E-state index is 11.5. The second kappa shape index (κ2) is 6.38. The van der Waals surface area contributed by atoms with E-state index in [1.54, 1.807) is 18.3 Å². The van der Waals surface area contributed by atoms with Crippen molar-refractivity contribution in [3.63, 3.8) is 0 Å². The van der Waals surface area contributed by atoms with Gasteiger partial charge in [0.1, 0.15) is 0 Å². The van der Waals surface area contributed by atoms with E-state index in [4.69, 9.17) is 23.2 Å². The number of nitrogens with zero attached hydrogens (tertiary/aromatic N) is 2. The highest BCUT2D eigenvalue weighted by Crippen LogP contribution is 2.35. The SMILES string of the molecule is CC/C(C(=O)O)=C1\CCCc2c1cnn2-c1ccc(Cl)c(Cl)c1. The highest BCUT2D eigenvalue weighted by atomic mass is 35.5. The van der Waals surface area contributed by atoms with Crippen molar-refractivity contribution < 1.29 is 9.90 Å². The highest BCUT2D eigenvalue weighted by molar-refractivity contribution is 6.42. The molecule has 1 heterocycles. The Bertz CT molecular complexity index is 809. The number of hydrogen-bond donors (Lipinski definition) is 1. The third-order valence-corrected chi connectivity index (χ3v) is 4.90. The van der Waals surface area contributed by atoms with Crippen LogP contribution in [0.1, 0.15) is 37.4 Å². The van der Waals surface area contributed by atoms with E-state index >= 15 is 0 Å². The second-order valence-corrected chi connectivity index (χ2v) is 6.30. The number of fused-ring (bicyclic) bond motifs is 1. The third kappa shape index (κ3) is 2.89. The number of hydrogen-bond acceptors (Lipinski definition) is 2. The number of aromatic nitrogens is 2. The summed E-state index contributed by atoms with van der Waals surface area (Å²) in [5.74, 6) is -0.849. The second-order valence-electron chi connectivity index (χ2n) is 5.48. The molecule has 4 nitrogen and oxygen atoms in total. The molecule has 1 N–H and O–H groups in total. The fourth-order valence-electron chi connectivity index (χ4n) is 3.08. The van der Waals surface area contributed by atoms with Crippen molar-refractivity contribution in [1.29, 1.82) is 0 Å². The van der Waals surface area contributed by atoms with Crippen LogP contribution >= 0.6 is 23.2 Å². The van der Waals surface area contributed by atoms with E-state index in [1.165, 1.54) is 0 Å². The van der Waals surface area contributed by atoms with Crippen LogP contribution in [0, 0.1) is 0 Å². The van der Waals surface area contributed by atoms with Crippen molar-refractivity contribution in [2.75, 3.05) is 0 Å². The van der Waals surface area contributed by atoms with Crippen LogP contribution in [0.5, 0.6) is 0 Å². The van der Waals surface area contributed by atoms with Crippen LogP contribution in [0.4, 0.5) is 0 Å². The summed E-state index contributed by atoms with van der Waals surface area (Å²) in [4.78, 5) is 11.5. The molecule has 0 unspecified atom stereocenters. The average Bonchev–Trinajstić information content (AvgIpc) is 2.95. The molecule has 23 heavy (non-hydrogen) atoms. The lowest BCUT2D eigenvalue weighted by atomic mass is 9.88. The molecule has 0 amide bonds. The molecule has 1 aliphatic carbocycles. The third-order valence-electron chi connectivity index (χ3n) is 4.16. The maximum Gasteiger partial charge on any atom is 0.331 e. The summed E-state index contributed by atoms with van der Waals surface area (Å²) in [6, 6.07) is 5.37. The first-order valence-corrected chi connectivity index (χ1v) is 8.26. The van der Waals surface area contributed by atoms with Gasteiger partial charge in [-0.1, -0.05) is 30.1 Å². The molecule has 2 aromatic rings. The number of halogens is 2. The van der Waals surface area contributed by atoms with E-state index in [1.807, 2.05) is 17.7 Å². The molecule has 0 fully saturated rings. The van der Waals surface area contributed by atoms with Crippen molar-refractivity contribution >= 4 is 34.7 Å². The van der Waals surface area contributed by atoms with Crippen molar-refractivity contribution in [3.8, 4) is 5.69 Å². The lowest BCUT2D eigenvalue weighted by Gasteiger charge is -2.19. The minimum Gasteiger partial charge on any atom is -0.478 e. The van der Waals surface area contributed by atoms with Crippen molar-refractivity contribution in [2.45, 2.75) is 32.6 Å². The van der Waals surface area contributed by atoms with Gasteiger partial charge in [0, 0.05) is 11.1 Å². The molecule has 3 rings (SSSR count). The molecule has 0 saturated heterocycles. The quantitative estimate of drug-likeness (QED) is 0.811. The molecule has 6 heteroatoms. The number of rotatable bonds is 3. The summed E-state index contributed by atoms with van der Waals surface area (Å²) >= 11 is 12.1. The fraction of sp³-hybridized carbons (Fsp3) is 0.294. The van der Waals surface area contributed by atoms with Gasteiger partial charge in [0.2, 0.25) is 0 Å². The number of carboxylic acids is 1. The van der Waals surface area contributed by atoms with Crippen molar-refractivity contribution in [3.05, 3.63) is 51.3 Å². The van der Waals surface area contributed by atoms with Gasteiger partial charge in [-0.2, -0.15) is 5.10 Å². The van der Waals surface area contributed by atoms with Gasteiger partial charge in [0.15, 0.2) is 0 Å². The summed E-state index contributed by atoms with van der Waals surface area (Å²) in [5, 5.41) is 14.8. The van der Waals surface area contributed by atoms with Gasteiger partial charge in [-0.15, -0.1) is 0 Å². The van der Waals surface area contributed by atoms with E-state index in [0.717, 1.165) is 41.8 Å². The van der Waals surface area contributed by atoms with Crippen LogP contribution in [-0.2, 0) is 11.2 Å². The first-order chi connectivity index (χ1) is 11.0. The fourth-order valence-corrected chi connectivity index (χ4v) is 3.37. The van der Waals surface area contributed by atoms with Gasteiger partial charge in [-0.05, 0) is 49.5 Å². The van der Waals surface area contributed by atoms with Gasteiger partial charge in [-0.25, -0.2) is 9.48 Å². The molecule has 0 aliphatic heterocycles. The van der Waals surface area contributed by atoms with Gasteiger partial charge in [-0.3, -0.25) is 0 Å². The molecule has 0 atom stereocenters. The number of carbonyl (C=O) groups is 1. The molecular weight excluding hydrogens is 335 g/mol. The van der Waals surface area contributed by atoms with Crippen LogP contribution in [0.15, 0.2) is 30.0 Å². The summed E-state index contributed by atoms with van der Waals surface area (Å²) in [5.41, 5.74) is 4.15. The van der Waals surface area contributed by atoms with Crippen LogP contribution in [0.3, 0.4) is 0 Å². The summed E-state index contributed by atoms with van der Waals surface area (Å²) < 4.78 is 1.83. The first-order valence-electron chi connectivity index (χ1n) is 7.51. The zero-order chi connectivity index (χ0) is 16.6. The van der Waals surface area contributed by atoms with Crippen LogP contribution in [0.2, 0.25) is 10.0 Å². The minimum atomic E-state index is -0.849. The smallest absolute Gasteiger partial charge is 0.331 e. The van der Waals surface area contributed by atoms with Gasteiger partial charge < -0.3 is 5.11 Å². The lowest BCUT2D eigenvalue weighted by molar-refractivity contribution is -0.132. The minimum absolute atomic E-state index is 0.472. The highest BCUT2D eigenvalue weighted by Gasteiger charge is 2.24. The van der Waals surface area contributed by atoms with E-state index in [0.29, 0.717) is 22.0 Å². The largest absolute Gasteiger partial charge is 0.478 e. The van der Waals surface area contributed by atoms with E-state index in [2.05, 4.69) is 5.10 Å².